The quantitative estimate of drug-likeness (QED) is 0.720. The zero-order chi connectivity index (χ0) is 15.9. The number of carbonyl (C=O) groups is 1. The van der Waals surface area contributed by atoms with Crippen LogP contribution in [-0.2, 0) is 4.74 Å². The maximum atomic E-state index is 12.0. The molecule has 0 aromatic heterocycles. The van der Waals surface area contributed by atoms with Crippen LogP contribution in [0.1, 0.15) is 73.1 Å². The third-order valence-electron chi connectivity index (χ3n) is 3.74. The lowest BCUT2D eigenvalue weighted by atomic mass is 9.84. The summed E-state index contributed by atoms with van der Waals surface area (Å²) in [6.07, 6.45) is 11.6. The topological polar surface area (TPSA) is 38.3 Å². The van der Waals surface area contributed by atoms with Crippen molar-refractivity contribution >= 4 is 6.09 Å². The minimum atomic E-state index is -0.443. The van der Waals surface area contributed by atoms with Gasteiger partial charge in [0, 0.05) is 0 Å². The molecule has 1 atom stereocenters. The Labute approximate surface area is 130 Å². The van der Waals surface area contributed by atoms with E-state index >= 15 is 0 Å². The van der Waals surface area contributed by atoms with Gasteiger partial charge in [-0.05, 0) is 39.0 Å². The summed E-state index contributed by atoms with van der Waals surface area (Å²) in [5.41, 5.74) is -0.443. The molecular weight excluding hydrogens is 262 g/mol. The average Bonchev–Trinajstić information content (AvgIpc) is 2.34. The van der Waals surface area contributed by atoms with Crippen LogP contribution >= 0.6 is 0 Å². The number of carbonyl (C=O) groups excluding carboxylic acids is 1. The monoisotopic (exact) mass is 295 g/mol. The Morgan fingerprint density at radius 3 is 2.33 bits per heavy atom. The minimum Gasteiger partial charge on any atom is -0.444 e. The van der Waals surface area contributed by atoms with E-state index in [1.165, 1.54) is 32.1 Å². The van der Waals surface area contributed by atoms with E-state index < -0.39 is 5.60 Å². The van der Waals surface area contributed by atoms with Crippen molar-refractivity contribution in [3.8, 4) is 0 Å². The summed E-state index contributed by atoms with van der Waals surface area (Å²) in [6, 6.07) is 0.0883. The van der Waals surface area contributed by atoms with Gasteiger partial charge in [-0.2, -0.15) is 0 Å². The molecule has 1 amide bonds. The second-order valence-corrected chi connectivity index (χ2v) is 7.62. The van der Waals surface area contributed by atoms with Crippen molar-refractivity contribution in [1.29, 1.82) is 0 Å². The molecule has 1 fully saturated rings. The van der Waals surface area contributed by atoms with Crippen LogP contribution in [0.5, 0.6) is 0 Å². The normalized spacial score (nSPS) is 19.0. The molecule has 0 aliphatic heterocycles. The van der Waals surface area contributed by atoms with Crippen molar-refractivity contribution in [3.05, 3.63) is 12.2 Å². The molecule has 0 unspecified atom stereocenters. The number of hydrogen-bond acceptors (Lipinski definition) is 2. The molecular formula is C18H33NO2. The van der Waals surface area contributed by atoms with E-state index in [1.807, 2.05) is 20.8 Å². The van der Waals surface area contributed by atoms with Crippen molar-refractivity contribution < 1.29 is 9.53 Å². The highest BCUT2D eigenvalue weighted by Gasteiger charge is 2.22. The van der Waals surface area contributed by atoms with Crippen molar-refractivity contribution in [2.24, 2.45) is 11.8 Å². The Hall–Kier alpha value is -0.990. The Kier molecular flexibility index (Phi) is 7.27. The van der Waals surface area contributed by atoms with Gasteiger partial charge in [-0.15, -0.1) is 0 Å². The van der Waals surface area contributed by atoms with E-state index in [0.717, 1.165) is 12.3 Å². The zero-order valence-electron chi connectivity index (χ0n) is 14.4. The standard InChI is InChI=1S/C18H33NO2/c1-14(2)11-12-16(13-15-9-7-6-8-10-15)19-17(20)21-18(3,4)5/h11-12,14-16H,6-10,13H2,1-5H3,(H,19,20)/t16-/m1/s1. The van der Waals surface area contributed by atoms with Crippen molar-refractivity contribution in [1.82, 2.24) is 5.32 Å². The predicted octanol–water partition coefficient (Wildman–Crippen LogP) is 5.06. The van der Waals surface area contributed by atoms with Gasteiger partial charge in [0.1, 0.15) is 5.60 Å². The average molecular weight is 295 g/mol. The fraction of sp³-hybridized carbons (Fsp3) is 0.833. The number of hydrogen-bond donors (Lipinski definition) is 1. The highest BCUT2D eigenvalue weighted by Crippen LogP contribution is 2.27. The molecule has 3 nitrogen and oxygen atoms in total. The van der Waals surface area contributed by atoms with Crippen LogP contribution in [0.3, 0.4) is 0 Å². The Balaban J connectivity index is 2.56. The summed E-state index contributed by atoms with van der Waals surface area (Å²) in [5, 5.41) is 3.03. The molecule has 0 bridgehead atoms. The number of amides is 1. The molecule has 21 heavy (non-hydrogen) atoms. The van der Waals surface area contributed by atoms with Crippen molar-refractivity contribution in [2.45, 2.75) is 84.8 Å². The first-order valence-electron chi connectivity index (χ1n) is 8.44. The van der Waals surface area contributed by atoms with Gasteiger partial charge >= 0.3 is 6.09 Å². The lowest BCUT2D eigenvalue weighted by Gasteiger charge is -2.27. The molecule has 1 N–H and O–H groups in total. The van der Waals surface area contributed by atoms with Crippen LogP contribution in [0.15, 0.2) is 12.2 Å². The maximum Gasteiger partial charge on any atom is 0.408 e. The third kappa shape index (κ3) is 8.79. The second kappa shape index (κ2) is 8.45. The molecule has 0 aromatic rings. The fourth-order valence-electron chi connectivity index (χ4n) is 2.78. The number of alkyl carbamates (subject to hydrolysis) is 1. The van der Waals surface area contributed by atoms with Crippen LogP contribution < -0.4 is 5.32 Å². The van der Waals surface area contributed by atoms with Gasteiger partial charge in [0.25, 0.3) is 0 Å². The van der Waals surface area contributed by atoms with Crippen LogP contribution in [0.25, 0.3) is 0 Å². The summed E-state index contributed by atoms with van der Waals surface area (Å²) in [6.45, 7) is 10.00. The van der Waals surface area contributed by atoms with Crippen LogP contribution in [0, 0.1) is 11.8 Å². The summed E-state index contributed by atoms with van der Waals surface area (Å²) in [7, 11) is 0. The molecule has 0 heterocycles. The molecule has 122 valence electrons. The van der Waals surface area contributed by atoms with Gasteiger partial charge in [-0.25, -0.2) is 4.79 Å². The largest absolute Gasteiger partial charge is 0.444 e. The van der Waals surface area contributed by atoms with E-state index in [-0.39, 0.29) is 12.1 Å². The molecule has 3 heteroatoms. The number of ether oxygens (including phenoxy) is 1. The van der Waals surface area contributed by atoms with Gasteiger partial charge in [-0.1, -0.05) is 58.1 Å². The van der Waals surface area contributed by atoms with Gasteiger partial charge < -0.3 is 10.1 Å². The molecule has 1 aliphatic rings. The van der Waals surface area contributed by atoms with Gasteiger partial charge in [0.2, 0.25) is 0 Å². The first-order chi connectivity index (χ1) is 9.76. The SMILES string of the molecule is CC(C)C=C[C@H](CC1CCCCC1)NC(=O)OC(C)(C)C. The number of allylic oxidation sites excluding steroid dienone is 1. The minimum absolute atomic E-state index is 0.0883. The zero-order valence-corrected chi connectivity index (χ0v) is 14.4. The molecule has 0 saturated heterocycles. The van der Waals surface area contributed by atoms with Crippen LogP contribution in [0.2, 0.25) is 0 Å². The van der Waals surface area contributed by atoms with Crippen molar-refractivity contribution in [2.75, 3.05) is 0 Å². The third-order valence-corrected chi connectivity index (χ3v) is 3.74. The Morgan fingerprint density at radius 2 is 1.81 bits per heavy atom. The molecule has 1 rings (SSSR count). The lowest BCUT2D eigenvalue weighted by molar-refractivity contribution is 0.0507. The Bertz CT molecular complexity index is 336. The van der Waals surface area contributed by atoms with Gasteiger partial charge in [0.15, 0.2) is 0 Å². The first-order valence-corrected chi connectivity index (χ1v) is 8.44. The molecule has 1 aliphatic carbocycles. The number of rotatable bonds is 5. The highest BCUT2D eigenvalue weighted by molar-refractivity contribution is 5.68. The van der Waals surface area contributed by atoms with Crippen molar-refractivity contribution in [3.63, 3.8) is 0 Å². The summed E-state index contributed by atoms with van der Waals surface area (Å²) < 4.78 is 5.38. The highest BCUT2D eigenvalue weighted by atomic mass is 16.6. The summed E-state index contributed by atoms with van der Waals surface area (Å²) >= 11 is 0. The first kappa shape index (κ1) is 18.1. The number of nitrogens with one attached hydrogen (secondary N) is 1. The molecule has 0 spiro atoms. The Morgan fingerprint density at radius 1 is 1.19 bits per heavy atom. The van der Waals surface area contributed by atoms with E-state index in [0.29, 0.717) is 5.92 Å². The van der Waals surface area contributed by atoms with E-state index in [2.05, 4.69) is 31.3 Å². The summed E-state index contributed by atoms with van der Waals surface area (Å²) in [4.78, 5) is 12.0. The summed E-state index contributed by atoms with van der Waals surface area (Å²) in [5.74, 6) is 1.23. The van der Waals surface area contributed by atoms with E-state index in [1.54, 1.807) is 0 Å². The smallest absolute Gasteiger partial charge is 0.408 e. The molecule has 0 aromatic carbocycles. The van der Waals surface area contributed by atoms with E-state index in [9.17, 15) is 4.79 Å². The maximum absolute atomic E-state index is 12.0. The van der Waals surface area contributed by atoms with E-state index in [4.69, 9.17) is 4.74 Å². The fourth-order valence-corrected chi connectivity index (χ4v) is 2.78. The predicted molar refractivity (Wildman–Crippen MR) is 88.3 cm³/mol. The van der Waals surface area contributed by atoms with Gasteiger partial charge in [-0.3, -0.25) is 0 Å². The second-order valence-electron chi connectivity index (χ2n) is 7.62. The van der Waals surface area contributed by atoms with Crippen LogP contribution in [0.4, 0.5) is 4.79 Å². The van der Waals surface area contributed by atoms with Crippen LogP contribution in [-0.4, -0.2) is 17.7 Å². The molecule has 1 saturated carbocycles. The van der Waals surface area contributed by atoms with Gasteiger partial charge in [0.05, 0.1) is 6.04 Å². The lowest BCUT2D eigenvalue weighted by Crippen LogP contribution is -2.39. The molecule has 0 radical (unpaired) electrons.